The summed E-state index contributed by atoms with van der Waals surface area (Å²) in [6, 6.07) is 3.69. The smallest absolute Gasteiger partial charge is 0.267 e. The number of aryl methyl sites for hydroxylation is 2. The van der Waals surface area contributed by atoms with E-state index in [4.69, 9.17) is 0 Å². The molecule has 0 saturated heterocycles. The largest absolute Gasteiger partial charge is 0.297 e. The van der Waals surface area contributed by atoms with Crippen LogP contribution in [0.1, 0.15) is 26.7 Å². The summed E-state index contributed by atoms with van der Waals surface area (Å²) in [6.45, 7) is 0. The zero-order valence-electron chi connectivity index (χ0n) is 8.83. The van der Waals surface area contributed by atoms with Crippen molar-refractivity contribution in [1.82, 2.24) is 4.98 Å². The van der Waals surface area contributed by atoms with Gasteiger partial charge in [-0.1, -0.05) is 0 Å². The number of nitrogens with one attached hydrogen (secondary N) is 1. The van der Waals surface area contributed by atoms with Crippen molar-refractivity contribution in [2.45, 2.75) is 19.3 Å². The van der Waals surface area contributed by atoms with Gasteiger partial charge in [0.1, 0.15) is 0 Å². The van der Waals surface area contributed by atoms with Crippen molar-refractivity contribution in [1.29, 1.82) is 0 Å². The maximum Gasteiger partial charge on any atom is 0.267 e. The Morgan fingerprint density at radius 2 is 2.24 bits per heavy atom. The molecular formula is C11H9BrN2OS2. The molecule has 0 atom stereocenters. The first-order chi connectivity index (χ1) is 8.22. The van der Waals surface area contributed by atoms with E-state index in [0.29, 0.717) is 4.88 Å². The lowest BCUT2D eigenvalue weighted by molar-refractivity contribution is 0.103. The molecule has 0 spiro atoms. The fraction of sp³-hybridized carbons (Fsp3) is 0.273. The summed E-state index contributed by atoms with van der Waals surface area (Å²) < 4.78 is 0.962. The van der Waals surface area contributed by atoms with Gasteiger partial charge in [-0.2, -0.15) is 0 Å². The van der Waals surface area contributed by atoms with E-state index in [1.54, 1.807) is 11.3 Å². The Kier molecular flexibility index (Phi) is 3.02. The molecule has 1 N–H and O–H groups in total. The maximum atomic E-state index is 11.9. The van der Waals surface area contributed by atoms with Crippen LogP contribution in [-0.4, -0.2) is 10.9 Å². The highest BCUT2D eigenvalue weighted by atomic mass is 79.9. The van der Waals surface area contributed by atoms with E-state index >= 15 is 0 Å². The number of anilines is 1. The van der Waals surface area contributed by atoms with Crippen molar-refractivity contribution in [3.63, 3.8) is 0 Å². The van der Waals surface area contributed by atoms with E-state index in [-0.39, 0.29) is 5.91 Å². The second kappa shape index (κ2) is 4.51. The molecule has 0 fully saturated rings. The molecule has 88 valence electrons. The van der Waals surface area contributed by atoms with E-state index < -0.39 is 0 Å². The Hall–Kier alpha value is -0.720. The van der Waals surface area contributed by atoms with Crippen LogP contribution in [0.25, 0.3) is 0 Å². The number of nitrogens with zero attached hydrogens (tertiary/aromatic N) is 1. The highest BCUT2D eigenvalue weighted by molar-refractivity contribution is 9.11. The standard InChI is InChI=1S/C11H9BrN2OS2/c12-9-5-4-8(16-9)10(15)14-11-13-6-2-1-3-7(6)17-11/h4-5H,1-3H2,(H,13,14,15). The van der Waals surface area contributed by atoms with Crippen LogP contribution < -0.4 is 5.32 Å². The monoisotopic (exact) mass is 328 g/mol. The Bertz CT molecular complexity index is 554. The van der Waals surface area contributed by atoms with Gasteiger partial charge < -0.3 is 0 Å². The Labute approximate surface area is 115 Å². The average molecular weight is 329 g/mol. The van der Waals surface area contributed by atoms with Crippen LogP contribution in [0.15, 0.2) is 15.9 Å². The minimum absolute atomic E-state index is 0.0758. The second-order valence-corrected chi connectivity index (χ2v) is 7.35. The summed E-state index contributed by atoms with van der Waals surface area (Å²) in [6.07, 6.45) is 3.35. The summed E-state index contributed by atoms with van der Waals surface area (Å²) in [4.78, 5) is 18.4. The summed E-state index contributed by atoms with van der Waals surface area (Å²) in [5.74, 6) is -0.0758. The summed E-state index contributed by atoms with van der Waals surface area (Å²) in [5.41, 5.74) is 1.16. The van der Waals surface area contributed by atoms with Gasteiger partial charge in [0.2, 0.25) is 0 Å². The third-order valence-corrected chi connectivity index (χ3v) is 5.31. The van der Waals surface area contributed by atoms with E-state index in [0.717, 1.165) is 27.5 Å². The number of hydrogen-bond donors (Lipinski definition) is 1. The SMILES string of the molecule is O=C(Nc1nc2c(s1)CCC2)c1ccc(Br)s1. The molecule has 3 rings (SSSR count). The van der Waals surface area contributed by atoms with Crippen molar-refractivity contribution in [3.8, 4) is 0 Å². The molecule has 2 aromatic heterocycles. The molecule has 0 saturated carbocycles. The molecule has 1 amide bonds. The minimum Gasteiger partial charge on any atom is -0.297 e. The number of carbonyl (C=O) groups is 1. The average Bonchev–Trinajstić information content (AvgIpc) is 2.92. The fourth-order valence-corrected chi connectivity index (χ4v) is 4.17. The molecule has 2 heterocycles. The number of aromatic nitrogens is 1. The zero-order chi connectivity index (χ0) is 11.8. The molecule has 1 aliphatic carbocycles. The molecule has 0 radical (unpaired) electrons. The van der Waals surface area contributed by atoms with Gasteiger partial charge in [0.05, 0.1) is 14.4 Å². The molecule has 1 aliphatic rings. The van der Waals surface area contributed by atoms with Crippen molar-refractivity contribution in [2.75, 3.05) is 5.32 Å². The van der Waals surface area contributed by atoms with Crippen LogP contribution in [0.5, 0.6) is 0 Å². The van der Waals surface area contributed by atoms with Crippen molar-refractivity contribution >= 4 is 49.6 Å². The number of hydrogen-bond acceptors (Lipinski definition) is 4. The summed E-state index contributed by atoms with van der Waals surface area (Å²) in [7, 11) is 0. The lowest BCUT2D eigenvalue weighted by atomic mass is 10.4. The molecule has 17 heavy (non-hydrogen) atoms. The molecule has 0 aromatic carbocycles. The van der Waals surface area contributed by atoms with Gasteiger partial charge in [-0.25, -0.2) is 4.98 Å². The maximum absolute atomic E-state index is 11.9. The van der Waals surface area contributed by atoms with Gasteiger partial charge in [-0.05, 0) is 47.3 Å². The molecule has 0 bridgehead atoms. The van der Waals surface area contributed by atoms with Gasteiger partial charge in [0.25, 0.3) is 5.91 Å². The number of halogens is 1. The topological polar surface area (TPSA) is 42.0 Å². The Morgan fingerprint density at radius 1 is 1.35 bits per heavy atom. The van der Waals surface area contributed by atoms with Crippen LogP contribution >= 0.6 is 38.6 Å². The van der Waals surface area contributed by atoms with Crippen molar-refractivity contribution < 1.29 is 4.79 Å². The number of amides is 1. The number of thiophene rings is 1. The van der Waals surface area contributed by atoms with Gasteiger partial charge in [0.15, 0.2) is 5.13 Å². The van der Waals surface area contributed by atoms with Gasteiger partial charge in [-0.3, -0.25) is 10.1 Å². The van der Waals surface area contributed by atoms with Crippen LogP contribution in [0.2, 0.25) is 0 Å². The highest BCUT2D eigenvalue weighted by Gasteiger charge is 2.18. The number of carbonyl (C=O) groups excluding carboxylic acids is 1. The molecule has 0 aliphatic heterocycles. The van der Waals surface area contributed by atoms with Crippen LogP contribution in [0, 0.1) is 0 Å². The number of thiazole rings is 1. The van der Waals surface area contributed by atoms with Gasteiger partial charge >= 0.3 is 0 Å². The normalized spacial score (nSPS) is 13.7. The number of fused-ring (bicyclic) bond motifs is 1. The van der Waals surface area contributed by atoms with Crippen LogP contribution in [-0.2, 0) is 12.8 Å². The van der Waals surface area contributed by atoms with Gasteiger partial charge in [-0.15, -0.1) is 22.7 Å². The quantitative estimate of drug-likeness (QED) is 0.913. The van der Waals surface area contributed by atoms with E-state index in [1.807, 2.05) is 12.1 Å². The summed E-state index contributed by atoms with van der Waals surface area (Å²) in [5, 5.41) is 3.59. The van der Waals surface area contributed by atoms with Crippen LogP contribution in [0.4, 0.5) is 5.13 Å². The third-order valence-electron chi connectivity index (χ3n) is 2.61. The minimum atomic E-state index is -0.0758. The van der Waals surface area contributed by atoms with Gasteiger partial charge in [0, 0.05) is 4.88 Å². The van der Waals surface area contributed by atoms with Crippen molar-refractivity contribution in [2.24, 2.45) is 0 Å². The first-order valence-corrected chi connectivity index (χ1v) is 7.70. The summed E-state index contributed by atoms with van der Waals surface area (Å²) >= 11 is 6.38. The predicted octanol–water partition coefficient (Wildman–Crippen LogP) is 3.71. The van der Waals surface area contributed by atoms with E-state index in [9.17, 15) is 4.79 Å². The zero-order valence-corrected chi connectivity index (χ0v) is 12.0. The lowest BCUT2D eigenvalue weighted by Gasteiger charge is -1.98. The molecule has 2 aromatic rings. The first kappa shape index (κ1) is 11.4. The van der Waals surface area contributed by atoms with Crippen LogP contribution in [0.3, 0.4) is 0 Å². The molecule has 6 heteroatoms. The van der Waals surface area contributed by atoms with Crippen molar-refractivity contribution in [3.05, 3.63) is 31.4 Å². The first-order valence-electron chi connectivity index (χ1n) is 5.27. The van der Waals surface area contributed by atoms with E-state index in [1.165, 1.54) is 22.6 Å². The molecule has 0 unspecified atom stereocenters. The fourth-order valence-electron chi connectivity index (χ4n) is 1.84. The third kappa shape index (κ3) is 2.29. The second-order valence-electron chi connectivity index (χ2n) is 3.80. The Morgan fingerprint density at radius 3 is 2.94 bits per heavy atom. The predicted molar refractivity (Wildman–Crippen MR) is 74.1 cm³/mol. The molecular weight excluding hydrogens is 320 g/mol. The lowest BCUT2D eigenvalue weighted by Crippen LogP contribution is -2.09. The van der Waals surface area contributed by atoms with E-state index in [2.05, 4.69) is 26.2 Å². The number of rotatable bonds is 2. The Balaban J connectivity index is 1.76. The highest BCUT2D eigenvalue weighted by Crippen LogP contribution is 2.31. The molecule has 3 nitrogen and oxygen atoms in total.